The van der Waals surface area contributed by atoms with Gasteiger partial charge in [-0.15, -0.1) is 0 Å². The standard InChI is InChI=1S/C26H28F7N5O2/c1-16(17-10-19(25(28,29)30)12-20(11-17)26(31,32)33)40-24(18-4-6-21(27)7-5-18)15-39-9-8-38(24)14-23-22(13-37(2)3)34-36-35-23/h4-7,10-12,16H,8-9,13-15H2,1-3H3,(H,34,35,36)/t16-,24-/m1/s1. The minimum atomic E-state index is -5.01. The van der Waals surface area contributed by atoms with Crippen LogP contribution in [0.5, 0.6) is 0 Å². The minimum absolute atomic E-state index is 0.0683. The van der Waals surface area contributed by atoms with Crippen LogP contribution in [0.4, 0.5) is 30.7 Å². The van der Waals surface area contributed by atoms with Gasteiger partial charge in [-0.2, -0.15) is 41.8 Å². The molecular formula is C26H28F7N5O2. The zero-order chi connectivity index (χ0) is 29.3. The van der Waals surface area contributed by atoms with Gasteiger partial charge in [0, 0.05) is 25.2 Å². The van der Waals surface area contributed by atoms with E-state index < -0.39 is 41.1 Å². The fourth-order valence-electron chi connectivity index (χ4n) is 4.60. The maximum Gasteiger partial charge on any atom is 0.416 e. The first kappa shape index (κ1) is 29.9. The molecule has 3 aromatic rings. The summed E-state index contributed by atoms with van der Waals surface area (Å²) in [7, 11) is 3.70. The van der Waals surface area contributed by atoms with Crippen molar-refractivity contribution < 1.29 is 40.2 Å². The van der Waals surface area contributed by atoms with Gasteiger partial charge < -0.3 is 14.4 Å². The van der Waals surface area contributed by atoms with Crippen molar-refractivity contribution in [3.63, 3.8) is 0 Å². The van der Waals surface area contributed by atoms with Crippen LogP contribution in [0, 0.1) is 5.82 Å². The first-order valence-electron chi connectivity index (χ1n) is 12.3. The van der Waals surface area contributed by atoms with Crippen molar-refractivity contribution in [3.05, 3.63) is 81.9 Å². The van der Waals surface area contributed by atoms with E-state index in [-0.39, 0.29) is 37.9 Å². The van der Waals surface area contributed by atoms with Crippen molar-refractivity contribution in [3.8, 4) is 0 Å². The number of H-pyrrole nitrogens is 1. The van der Waals surface area contributed by atoms with E-state index in [0.717, 1.165) is 0 Å². The van der Waals surface area contributed by atoms with E-state index in [4.69, 9.17) is 9.47 Å². The number of nitrogens with one attached hydrogen (secondary N) is 1. The minimum Gasteiger partial charge on any atom is -0.375 e. The van der Waals surface area contributed by atoms with Crippen LogP contribution >= 0.6 is 0 Å². The molecule has 1 N–H and O–H groups in total. The highest BCUT2D eigenvalue weighted by molar-refractivity contribution is 5.35. The van der Waals surface area contributed by atoms with Crippen LogP contribution in [0.2, 0.25) is 0 Å². The highest BCUT2D eigenvalue weighted by atomic mass is 19.4. The van der Waals surface area contributed by atoms with Crippen LogP contribution in [0.25, 0.3) is 0 Å². The number of benzene rings is 2. The SMILES string of the molecule is C[C@@H](O[C@@]1(c2ccc(F)cc2)COCCN1Cc1n[nH]nc1CN(C)C)c1cc(C(F)(F)F)cc(C(F)(F)F)c1. The maximum absolute atomic E-state index is 13.9. The molecule has 1 saturated heterocycles. The smallest absolute Gasteiger partial charge is 0.375 e. The molecule has 1 aliphatic heterocycles. The van der Waals surface area contributed by atoms with E-state index in [1.807, 2.05) is 23.9 Å². The van der Waals surface area contributed by atoms with Gasteiger partial charge in [-0.05, 0) is 56.9 Å². The van der Waals surface area contributed by atoms with E-state index in [1.54, 1.807) is 0 Å². The number of ether oxygens (including phenoxy) is 2. The molecule has 0 radical (unpaired) electrons. The molecule has 0 unspecified atom stereocenters. The van der Waals surface area contributed by atoms with Crippen LogP contribution in [-0.4, -0.2) is 59.1 Å². The largest absolute Gasteiger partial charge is 0.416 e. The van der Waals surface area contributed by atoms with Gasteiger partial charge in [-0.1, -0.05) is 12.1 Å². The number of aromatic nitrogens is 3. The van der Waals surface area contributed by atoms with E-state index in [2.05, 4.69) is 15.4 Å². The molecule has 14 heteroatoms. The Hall–Kier alpha value is -3.07. The summed E-state index contributed by atoms with van der Waals surface area (Å²) in [4.78, 5) is 3.70. The highest BCUT2D eigenvalue weighted by Crippen LogP contribution is 2.42. The first-order valence-corrected chi connectivity index (χ1v) is 12.3. The number of hydrogen-bond acceptors (Lipinski definition) is 6. The zero-order valence-electron chi connectivity index (χ0n) is 21.9. The summed E-state index contributed by atoms with van der Waals surface area (Å²) >= 11 is 0. The van der Waals surface area contributed by atoms with Gasteiger partial charge in [0.05, 0.1) is 30.4 Å². The van der Waals surface area contributed by atoms with Crippen molar-refractivity contribution in [2.24, 2.45) is 0 Å². The summed E-state index contributed by atoms with van der Waals surface area (Å²) in [6.07, 6.45) is -11.3. The summed E-state index contributed by atoms with van der Waals surface area (Å²) in [5.41, 5.74) is -3.12. The number of morpholine rings is 1. The third kappa shape index (κ3) is 6.62. The van der Waals surface area contributed by atoms with Gasteiger partial charge in [-0.25, -0.2) is 4.39 Å². The Morgan fingerprint density at radius 3 is 2.17 bits per heavy atom. The maximum atomic E-state index is 13.9. The molecule has 0 saturated carbocycles. The monoisotopic (exact) mass is 575 g/mol. The Morgan fingerprint density at radius 1 is 1.00 bits per heavy atom. The van der Waals surface area contributed by atoms with Crippen LogP contribution < -0.4 is 0 Å². The van der Waals surface area contributed by atoms with Crippen molar-refractivity contribution in [2.45, 2.75) is 44.2 Å². The molecule has 0 bridgehead atoms. The lowest BCUT2D eigenvalue weighted by Gasteiger charge is -2.48. The van der Waals surface area contributed by atoms with E-state index >= 15 is 0 Å². The molecule has 218 valence electrons. The van der Waals surface area contributed by atoms with Gasteiger partial charge in [0.2, 0.25) is 0 Å². The molecule has 2 heterocycles. The van der Waals surface area contributed by atoms with Crippen molar-refractivity contribution in [1.82, 2.24) is 25.2 Å². The molecule has 40 heavy (non-hydrogen) atoms. The average molecular weight is 576 g/mol. The molecular weight excluding hydrogens is 547 g/mol. The van der Waals surface area contributed by atoms with E-state index in [9.17, 15) is 30.7 Å². The van der Waals surface area contributed by atoms with E-state index in [0.29, 0.717) is 35.6 Å². The lowest BCUT2D eigenvalue weighted by Crippen LogP contribution is -2.56. The van der Waals surface area contributed by atoms with Crippen LogP contribution in [0.1, 0.15) is 46.7 Å². The fourth-order valence-corrected chi connectivity index (χ4v) is 4.60. The van der Waals surface area contributed by atoms with Gasteiger partial charge in [0.25, 0.3) is 0 Å². The molecule has 0 amide bonds. The molecule has 1 aliphatic rings. The van der Waals surface area contributed by atoms with Crippen LogP contribution in [0.3, 0.4) is 0 Å². The number of nitrogens with zero attached hydrogens (tertiary/aromatic N) is 4. The fraction of sp³-hybridized carbons (Fsp3) is 0.462. The summed E-state index contributed by atoms with van der Waals surface area (Å²) < 4.78 is 107. The quantitative estimate of drug-likeness (QED) is 0.358. The highest BCUT2D eigenvalue weighted by Gasteiger charge is 2.45. The Bertz CT molecular complexity index is 1260. The second-order valence-electron chi connectivity index (χ2n) is 9.82. The molecule has 0 spiro atoms. The summed E-state index contributed by atoms with van der Waals surface area (Å²) in [6.45, 7) is 2.39. The third-order valence-electron chi connectivity index (χ3n) is 6.57. The lowest BCUT2D eigenvalue weighted by molar-refractivity contribution is -0.252. The Morgan fingerprint density at radius 2 is 1.60 bits per heavy atom. The van der Waals surface area contributed by atoms with Crippen molar-refractivity contribution >= 4 is 0 Å². The summed E-state index contributed by atoms with van der Waals surface area (Å²) in [5.74, 6) is -0.535. The molecule has 2 aromatic carbocycles. The van der Waals surface area contributed by atoms with Gasteiger partial charge in [0.1, 0.15) is 17.2 Å². The normalized spacial score (nSPS) is 19.8. The van der Waals surface area contributed by atoms with Gasteiger partial charge in [0.15, 0.2) is 5.72 Å². The van der Waals surface area contributed by atoms with Crippen LogP contribution in [-0.2, 0) is 40.6 Å². The third-order valence-corrected chi connectivity index (χ3v) is 6.57. The first-order chi connectivity index (χ1) is 18.7. The Balaban J connectivity index is 1.78. The van der Waals surface area contributed by atoms with Gasteiger partial charge in [-0.3, -0.25) is 4.90 Å². The second kappa shape index (κ2) is 11.4. The Labute approximate surface area is 225 Å². The number of halogens is 7. The number of aromatic amines is 1. The van der Waals surface area contributed by atoms with Gasteiger partial charge >= 0.3 is 12.4 Å². The van der Waals surface area contributed by atoms with E-state index in [1.165, 1.54) is 31.2 Å². The Kier molecular flexibility index (Phi) is 8.54. The lowest BCUT2D eigenvalue weighted by atomic mass is 9.97. The summed E-state index contributed by atoms with van der Waals surface area (Å²) in [5, 5.41) is 11.0. The van der Waals surface area contributed by atoms with Crippen LogP contribution in [0.15, 0.2) is 42.5 Å². The zero-order valence-corrected chi connectivity index (χ0v) is 21.9. The number of hydrogen-bond donors (Lipinski definition) is 1. The van der Waals surface area contributed by atoms with Crippen molar-refractivity contribution in [1.29, 1.82) is 0 Å². The predicted molar refractivity (Wildman–Crippen MR) is 129 cm³/mol. The average Bonchev–Trinajstić information content (AvgIpc) is 3.30. The van der Waals surface area contributed by atoms with Crippen molar-refractivity contribution in [2.75, 3.05) is 33.9 Å². The second-order valence-corrected chi connectivity index (χ2v) is 9.82. The molecule has 0 aliphatic carbocycles. The molecule has 7 nitrogen and oxygen atoms in total. The summed E-state index contributed by atoms with van der Waals surface area (Å²) in [6, 6.07) is 6.62. The molecule has 1 fully saturated rings. The predicted octanol–water partition coefficient (Wildman–Crippen LogP) is 5.51. The number of rotatable bonds is 8. The topological polar surface area (TPSA) is 66.5 Å². The molecule has 4 rings (SSSR count). The molecule has 1 aromatic heterocycles. The molecule has 2 atom stereocenters. The number of alkyl halides is 6.